The van der Waals surface area contributed by atoms with Crippen molar-refractivity contribution in [1.29, 1.82) is 0 Å². The molecular weight excluding hydrogens is 376 g/mol. The van der Waals surface area contributed by atoms with Crippen LogP contribution in [0.4, 0.5) is 0 Å². The summed E-state index contributed by atoms with van der Waals surface area (Å²) in [6, 6.07) is 16.7. The monoisotopic (exact) mass is 408 g/mol. The smallest absolute Gasteiger partial charge is 0.337 e. The molecule has 0 saturated heterocycles. The number of methoxy groups -OCH3 is 1. The predicted octanol–water partition coefficient (Wildman–Crippen LogP) is 4.47. The first-order chi connectivity index (χ1) is 14.5. The van der Waals surface area contributed by atoms with Crippen LogP contribution in [-0.4, -0.2) is 37.0 Å². The first kappa shape index (κ1) is 21.1. The van der Waals surface area contributed by atoms with Gasteiger partial charge in [0.25, 0.3) is 0 Å². The lowest BCUT2D eigenvalue weighted by molar-refractivity contribution is -0.0990. The zero-order chi connectivity index (χ0) is 21.2. The van der Waals surface area contributed by atoms with Gasteiger partial charge in [-0.3, -0.25) is 0 Å². The minimum absolute atomic E-state index is 0.0258. The summed E-state index contributed by atoms with van der Waals surface area (Å²) < 4.78 is 10.6. The molecule has 1 N–H and O–H groups in total. The van der Waals surface area contributed by atoms with E-state index in [4.69, 9.17) is 9.47 Å². The maximum absolute atomic E-state index is 12.1. The van der Waals surface area contributed by atoms with Crippen molar-refractivity contribution in [2.45, 2.75) is 56.5 Å². The van der Waals surface area contributed by atoms with E-state index in [1.165, 1.54) is 23.8 Å². The highest BCUT2D eigenvalue weighted by molar-refractivity contribution is 5.89. The number of aliphatic hydroxyl groups is 1. The van der Waals surface area contributed by atoms with E-state index in [-0.39, 0.29) is 11.4 Å². The fourth-order valence-electron chi connectivity index (χ4n) is 5.72. The summed E-state index contributed by atoms with van der Waals surface area (Å²) in [4.78, 5) is 12.1. The van der Waals surface area contributed by atoms with Gasteiger partial charge < -0.3 is 14.6 Å². The van der Waals surface area contributed by atoms with Gasteiger partial charge in [-0.05, 0) is 80.2 Å². The Morgan fingerprint density at radius 1 is 1.17 bits per heavy atom. The molecule has 0 spiro atoms. The quantitative estimate of drug-likeness (QED) is 0.717. The van der Waals surface area contributed by atoms with Crippen molar-refractivity contribution in [2.24, 2.45) is 5.92 Å². The molecule has 4 nitrogen and oxygen atoms in total. The summed E-state index contributed by atoms with van der Waals surface area (Å²) in [6.45, 7) is 3.01. The number of esters is 1. The molecule has 0 aliphatic heterocycles. The van der Waals surface area contributed by atoms with Gasteiger partial charge in [0.1, 0.15) is 0 Å². The molecule has 160 valence electrons. The Labute approximate surface area is 179 Å². The fourth-order valence-corrected chi connectivity index (χ4v) is 5.72. The molecule has 4 rings (SSSR count). The topological polar surface area (TPSA) is 55.8 Å². The van der Waals surface area contributed by atoms with Crippen molar-refractivity contribution in [2.75, 3.05) is 20.3 Å². The van der Waals surface area contributed by atoms with Gasteiger partial charge >= 0.3 is 5.97 Å². The molecule has 0 amide bonds. The molecule has 2 aromatic rings. The Balaban J connectivity index is 1.73. The Kier molecular flexibility index (Phi) is 5.99. The molecule has 2 aromatic carbocycles. The van der Waals surface area contributed by atoms with E-state index in [2.05, 4.69) is 36.4 Å². The number of carbonyl (C=O) groups excluding carboxylic acids is 1. The third kappa shape index (κ3) is 3.91. The largest absolute Gasteiger partial charge is 0.465 e. The van der Waals surface area contributed by atoms with Crippen LogP contribution in [0, 0.1) is 5.92 Å². The number of carbonyl (C=O) groups is 1. The first-order valence-corrected chi connectivity index (χ1v) is 11.1. The highest BCUT2D eigenvalue weighted by Gasteiger charge is 2.51. The number of fused-ring (bicyclic) bond motifs is 3. The Morgan fingerprint density at radius 2 is 1.97 bits per heavy atom. The Bertz CT molecular complexity index is 893. The van der Waals surface area contributed by atoms with Crippen LogP contribution in [0.2, 0.25) is 0 Å². The summed E-state index contributed by atoms with van der Waals surface area (Å²) in [5.74, 6) is 0.0974. The number of benzene rings is 2. The van der Waals surface area contributed by atoms with Gasteiger partial charge in [0.05, 0.1) is 24.9 Å². The average Bonchev–Trinajstić information content (AvgIpc) is 2.78. The second kappa shape index (κ2) is 8.52. The van der Waals surface area contributed by atoms with Gasteiger partial charge in [-0.2, -0.15) is 0 Å². The molecule has 0 heterocycles. The predicted molar refractivity (Wildman–Crippen MR) is 117 cm³/mol. The molecular formula is C26H32O4. The number of hydrogen-bond donors (Lipinski definition) is 1. The molecule has 0 radical (unpaired) electrons. The van der Waals surface area contributed by atoms with E-state index in [0.717, 1.165) is 38.5 Å². The van der Waals surface area contributed by atoms with Gasteiger partial charge in [0.15, 0.2) is 0 Å². The zero-order valence-electron chi connectivity index (χ0n) is 18.0. The van der Waals surface area contributed by atoms with Crippen LogP contribution in [0.1, 0.15) is 59.7 Å². The van der Waals surface area contributed by atoms with Crippen LogP contribution in [-0.2, 0) is 27.7 Å². The lowest BCUT2D eigenvalue weighted by Gasteiger charge is -2.53. The summed E-state index contributed by atoms with van der Waals surface area (Å²) in [7, 11) is 1.43. The minimum atomic E-state index is -0.746. The molecule has 4 heteroatoms. The fraction of sp³-hybridized carbons (Fsp3) is 0.500. The lowest BCUT2D eigenvalue weighted by atomic mass is 9.52. The van der Waals surface area contributed by atoms with E-state index >= 15 is 0 Å². The molecule has 0 bridgehead atoms. The third-order valence-electron chi connectivity index (χ3n) is 7.21. The number of hydrogen-bond acceptors (Lipinski definition) is 4. The number of rotatable bonds is 6. The molecule has 2 aliphatic rings. The highest BCUT2D eigenvalue weighted by Crippen LogP contribution is 2.54. The standard InChI is InChI=1S/C26H32O4/c1-3-30-18-25(28)13-14-26(16-19-7-5-4-6-8-19)22(17-25)11-9-20-15-21(24(27)29-2)10-12-23(20)26/h4-8,10,12,15,22,28H,3,9,11,13-14,16-18H2,1-2H3/t22-,25-,26+/m1/s1. The number of aryl methyl sites for hydroxylation is 1. The molecule has 0 unspecified atom stereocenters. The minimum Gasteiger partial charge on any atom is -0.465 e. The highest BCUT2D eigenvalue weighted by atomic mass is 16.5. The van der Waals surface area contributed by atoms with E-state index in [9.17, 15) is 9.90 Å². The summed E-state index contributed by atoms with van der Waals surface area (Å²) in [5.41, 5.74) is 3.76. The van der Waals surface area contributed by atoms with Crippen LogP contribution < -0.4 is 0 Å². The molecule has 2 aliphatic carbocycles. The van der Waals surface area contributed by atoms with Crippen molar-refractivity contribution in [3.63, 3.8) is 0 Å². The maximum atomic E-state index is 12.1. The van der Waals surface area contributed by atoms with Crippen molar-refractivity contribution >= 4 is 5.97 Å². The van der Waals surface area contributed by atoms with E-state index in [0.29, 0.717) is 24.7 Å². The van der Waals surface area contributed by atoms with Crippen LogP contribution in [0.15, 0.2) is 48.5 Å². The van der Waals surface area contributed by atoms with Gasteiger partial charge in [0.2, 0.25) is 0 Å². The van der Waals surface area contributed by atoms with E-state index in [1.807, 2.05) is 19.1 Å². The van der Waals surface area contributed by atoms with Gasteiger partial charge in [0, 0.05) is 12.0 Å². The van der Waals surface area contributed by atoms with Crippen molar-refractivity contribution in [1.82, 2.24) is 0 Å². The Hall–Kier alpha value is -2.17. The molecule has 1 fully saturated rings. The maximum Gasteiger partial charge on any atom is 0.337 e. The SMILES string of the molecule is CCOC[C@@]1(O)CC[C@@]2(Cc3ccccc3)c3ccc(C(=O)OC)cc3CC[C@@H]2C1. The van der Waals surface area contributed by atoms with Crippen LogP contribution >= 0.6 is 0 Å². The van der Waals surface area contributed by atoms with Gasteiger partial charge in [-0.1, -0.05) is 36.4 Å². The molecule has 0 aromatic heterocycles. The van der Waals surface area contributed by atoms with E-state index < -0.39 is 5.60 Å². The second-order valence-electron chi connectivity index (χ2n) is 8.98. The van der Waals surface area contributed by atoms with Gasteiger partial charge in [-0.15, -0.1) is 0 Å². The first-order valence-electron chi connectivity index (χ1n) is 11.1. The third-order valence-corrected chi connectivity index (χ3v) is 7.21. The molecule has 30 heavy (non-hydrogen) atoms. The number of ether oxygens (including phenoxy) is 2. The van der Waals surface area contributed by atoms with Crippen molar-refractivity contribution in [3.8, 4) is 0 Å². The summed E-state index contributed by atoms with van der Waals surface area (Å²) >= 11 is 0. The van der Waals surface area contributed by atoms with Crippen molar-refractivity contribution < 1.29 is 19.4 Å². The Morgan fingerprint density at radius 3 is 2.70 bits per heavy atom. The van der Waals surface area contributed by atoms with Gasteiger partial charge in [-0.25, -0.2) is 4.79 Å². The van der Waals surface area contributed by atoms with Crippen LogP contribution in [0.25, 0.3) is 0 Å². The molecule has 3 atom stereocenters. The second-order valence-corrected chi connectivity index (χ2v) is 8.98. The van der Waals surface area contributed by atoms with Crippen LogP contribution in [0.5, 0.6) is 0 Å². The van der Waals surface area contributed by atoms with E-state index in [1.54, 1.807) is 0 Å². The summed E-state index contributed by atoms with van der Waals surface area (Å²) in [5, 5.41) is 11.2. The normalized spacial score (nSPS) is 27.8. The summed E-state index contributed by atoms with van der Waals surface area (Å²) in [6.07, 6.45) is 5.30. The average molecular weight is 409 g/mol. The van der Waals surface area contributed by atoms with Crippen molar-refractivity contribution in [3.05, 3.63) is 70.8 Å². The lowest BCUT2D eigenvalue weighted by Crippen LogP contribution is -2.52. The zero-order valence-corrected chi connectivity index (χ0v) is 18.0. The molecule has 1 saturated carbocycles. The van der Waals surface area contributed by atoms with Crippen LogP contribution in [0.3, 0.4) is 0 Å².